The highest BCUT2D eigenvalue weighted by molar-refractivity contribution is 7.12. The number of aryl methyl sites for hydroxylation is 1. The van der Waals surface area contributed by atoms with E-state index in [2.05, 4.69) is 38.2 Å². The smallest absolute Gasteiger partial charge is 0.0443 e. The van der Waals surface area contributed by atoms with Gasteiger partial charge in [0.15, 0.2) is 0 Å². The Morgan fingerprint density at radius 1 is 1.47 bits per heavy atom. The van der Waals surface area contributed by atoms with Gasteiger partial charge in [-0.25, -0.2) is 0 Å². The molecule has 0 radical (unpaired) electrons. The highest BCUT2D eigenvalue weighted by atomic mass is 32.1. The Kier molecular flexibility index (Phi) is 3.47. The zero-order chi connectivity index (χ0) is 10.8. The van der Waals surface area contributed by atoms with Gasteiger partial charge < -0.3 is 5.32 Å². The first-order valence-corrected chi connectivity index (χ1v) is 6.83. The van der Waals surface area contributed by atoms with Gasteiger partial charge in [-0.05, 0) is 50.3 Å². The van der Waals surface area contributed by atoms with Crippen molar-refractivity contribution in [3.05, 3.63) is 21.9 Å². The molecule has 1 fully saturated rings. The summed E-state index contributed by atoms with van der Waals surface area (Å²) < 4.78 is 0. The molecule has 1 saturated carbocycles. The van der Waals surface area contributed by atoms with E-state index < -0.39 is 0 Å². The lowest BCUT2D eigenvalue weighted by Gasteiger charge is -2.23. The molecule has 1 nitrogen and oxygen atoms in total. The SMILES string of the molecule is CCNC(c1ccc(C)s1)C(C)C1CC1. The first-order chi connectivity index (χ1) is 7.22. The summed E-state index contributed by atoms with van der Waals surface area (Å²) in [7, 11) is 0. The maximum absolute atomic E-state index is 3.64. The Bertz CT molecular complexity index is 314. The summed E-state index contributed by atoms with van der Waals surface area (Å²) in [4.78, 5) is 2.95. The second kappa shape index (κ2) is 4.67. The van der Waals surface area contributed by atoms with E-state index in [9.17, 15) is 0 Å². The zero-order valence-corrected chi connectivity index (χ0v) is 10.7. The van der Waals surface area contributed by atoms with E-state index in [0.717, 1.165) is 18.4 Å². The summed E-state index contributed by atoms with van der Waals surface area (Å²) in [5.74, 6) is 1.76. The quantitative estimate of drug-likeness (QED) is 0.801. The van der Waals surface area contributed by atoms with Gasteiger partial charge >= 0.3 is 0 Å². The van der Waals surface area contributed by atoms with Gasteiger partial charge in [-0.1, -0.05) is 13.8 Å². The standard InChI is InChI=1S/C13H21NS/c1-4-14-13(10(3)11-6-7-11)12-8-5-9(2)15-12/h5,8,10-11,13-14H,4,6-7H2,1-3H3. The second-order valence-electron chi connectivity index (χ2n) is 4.68. The molecule has 0 aromatic carbocycles. The molecule has 2 unspecified atom stereocenters. The van der Waals surface area contributed by atoms with Gasteiger partial charge in [-0.2, -0.15) is 0 Å². The molecule has 0 bridgehead atoms. The van der Waals surface area contributed by atoms with E-state index >= 15 is 0 Å². The van der Waals surface area contributed by atoms with E-state index in [4.69, 9.17) is 0 Å². The summed E-state index contributed by atoms with van der Waals surface area (Å²) in [5.41, 5.74) is 0. The third kappa shape index (κ3) is 2.61. The molecule has 1 N–H and O–H groups in total. The lowest BCUT2D eigenvalue weighted by atomic mass is 9.95. The summed E-state index contributed by atoms with van der Waals surface area (Å²) in [5, 5.41) is 3.64. The topological polar surface area (TPSA) is 12.0 Å². The highest BCUT2D eigenvalue weighted by Gasteiger charge is 2.34. The molecule has 1 heterocycles. The van der Waals surface area contributed by atoms with Gasteiger partial charge in [-0.15, -0.1) is 11.3 Å². The van der Waals surface area contributed by atoms with Gasteiger partial charge in [0.2, 0.25) is 0 Å². The minimum Gasteiger partial charge on any atom is -0.309 e. The van der Waals surface area contributed by atoms with Crippen LogP contribution in [0.15, 0.2) is 12.1 Å². The third-order valence-electron chi connectivity index (χ3n) is 3.38. The highest BCUT2D eigenvalue weighted by Crippen LogP contribution is 2.43. The first kappa shape index (κ1) is 11.2. The Balaban J connectivity index is 2.10. The molecule has 1 aromatic rings. The Morgan fingerprint density at radius 3 is 2.67 bits per heavy atom. The van der Waals surface area contributed by atoms with Crippen molar-refractivity contribution in [2.24, 2.45) is 11.8 Å². The monoisotopic (exact) mass is 223 g/mol. The number of nitrogens with one attached hydrogen (secondary N) is 1. The molecular weight excluding hydrogens is 202 g/mol. The lowest BCUT2D eigenvalue weighted by molar-refractivity contribution is 0.360. The van der Waals surface area contributed by atoms with Crippen LogP contribution >= 0.6 is 11.3 Å². The van der Waals surface area contributed by atoms with Crippen LogP contribution in [-0.2, 0) is 0 Å². The average molecular weight is 223 g/mol. The van der Waals surface area contributed by atoms with E-state index in [-0.39, 0.29) is 0 Å². The molecule has 15 heavy (non-hydrogen) atoms. The molecule has 2 heteroatoms. The van der Waals surface area contributed by atoms with Crippen molar-refractivity contribution in [3.63, 3.8) is 0 Å². The van der Waals surface area contributed by atoms with E-state index in [1.54, 1.807) is 0 Å². The van der Waals surface area contributed by atoms with Crippen molar-refractivity contribution in [1.82, 2.24) is 5.32 Å². The van der Waals surface area contributed by atoms with Crippen LogP contribution in [0.5, 0.6) is 0 Å². The average Bonchev–Trinajstić information content (AvgIpc) is 2.98. The summed E-state index contributed by atoms with van der Waals surface area (Å²) in [6.45, 7) is 7.87. The molecule has 84 valence electrons. The van der Waals surface area contributed by atoms with Gasteiger partial charge in [0.1, 0.15) is 0 Å². The largest absolute Gasteiger partial charge is 0.309 e. The van der Waals surface area contributed by atoms with Gasteiger partial charge in [-0.3, -0.25) is 0 Å². The summed E-state index contributed by atoms with van der Waals surface area (Å²) in [6.07, 6.45) is 2.88. The molecule has 1 aromatic heterocycles. The minimum absolute atomic E-state index is 0.584. The number of rotatable bonds is 5. The van der Waals surface area contributed by atoms with E-state index in [0.29, 0.717) is 6.04 Å². The second-order valence-corrected chi connectivity index (χ2v) is 6.00. The molecule has 0 aliphatic heterocycles. The van der Waals surface area contributed by atoms with Crippen LogP contribution in [0.2, 0.25) is 0 Å². The first-order valence-electron chi connectivity index (χ1n) is 6.02. The van der Waals surface area contributed by atoms with Crippen LogP contribution in [0, 0.1) is 18.8 Å². The van der Waals surface area contributed by atoms with Gasteiger partial charge in [0, 0.05) is 15.8 Å². The van der Waals surface area contributed by atoms with Crippen molar-refractivity contribution in [2.75, 3.05) is 6.54 Å². The van der Waals surface area contributed by atoms with Crippen LogP contribution in [0.25, 0.3) is 0 Å². The molecule has 2 rings (SSSR count). The minimum atomic E-state index is 0.584. The zero-order valence-electron chi connectivity index (χ0n) is 9.92. The number of hydrogen-bond donors (Lipinski definition) is 1. The Hall–Kier alpha value is -0.340. The summed E-state index contributed by atoms with van der Waals surface area (Å²) >= 11 is 1.95. The molecule has 2 atom stereocenters. The van der Waals surface area contributed by atoms with Crippen LogP contribution < -0.4 is 5.32 Å². The van der Waals surface area contributed by atoms with Gasteiger partial charge in [0.05, 0.1) is 0 Å². The normalized spacial score (nSPS) is 20.2. The van der Waals surface area contributed by atoms with Crippen molar-refractivity contribution in [2.45, 2.75) is 39.7 Å². The van der Waals surface area contributed by atoms with E-state index in [1.165, 1.54) is 22.6 Å². The number of thiophene rings is 1. The summed E-state index contributed by atoms with van der Waals surface area (Å²) in [6, 6.07) is 5.12. The fraction of sp³-hybridized carbons (Fsp3) is 0.692. The van der Waals surface area contributed by atoms with Crippen LogP contribution in [0.4, 0.5) is 0 Å². The predicted molar refractivity (Wildman–Crippen MR) is 67.4 cm³/mol. The fourth-order valence-electron chi connectivity index (χ4n) is 2.28. The maximum Gasteiger partial charge on any atom is 0.0443 e. The van der Waals surface area contributed by atoms with Crippen molar-refractivity contribution < 1.29 is 0 Å². The molecule has 0 amide bonds. The number of hydrogen-bond acceptors (Lipinski definition) is 2. The fourth-order valence-corrected chi connectivity index (χ4v) is 3.35. The Labute approximate surface area is 96.9 Å². The van der Waals surface area contributed by atoms with Crippen molar-refractivity contribution >= 4 is 11.3 Å². The van der Waals surface area contributed by atoms with Crippen LogP contribution in [-0.4, -0.2) is 6.54 Å². The molecular formula is C13H21NS. The van der Waals surface area contributed by atoms with Gasteiger partial charge in [0.25, 0.3) is 0 Å². The maximum atomic E-state index is 3.64. The lowest BCUT2D eigenvalue weighted by Crippen LogP contribution is -2.27. The molecule has 0 spiro atoms. The Morgan fingerprint density at radius 2 is 2.20 bits per heavy atom. The molecule has 0 saturated heterocycles. The molecule has 1 aliphatic carbocycles. The predicted octanol–water partition coefficient (Wildman–Crippen LogP) is 3.75. The van der Waals surface area contributed by atoms with E-state index in [1.807, 2.05) is 11.3 Å². The van der Waals surface area contributed by atoms with Crippen LogP contribution in [0.1, 0.15) is 42.5 Å². The van der Waals surface area contributed by atoms with Crippen molar-refractivity contribution in [1.29, 1.82) is 0 Å². The van der Waals surface area contributed by atoms with Crippen molar-refractivity contribution in [3.8, 4) is 0 Å². The molecule has 1 aliphatic rings. The third-order valence-corrected chi connectivity index (χ3v) is 4.47. The van der Waals surface area contributed by atoms with Crippen LogP contribution in [0.3, 0.4) is 0 Å².